The van der Waals surface area contributed by atoms with Crippen molar-refractivity contribution in [3.05, 3.63) is 60.1 Å². The molecule has 38 heavy (non-hydrogen) atoms. The smallest absolute Gasteiger partial charge is 0.243 e. The van der Waals surface area contributed by atoms with Crippen LogP contribution in [0.2, 0.25) is 0 Å². The van der Waals surface area contributed by atoms with E-state index in [2.05, 4.69) is 27.0 Å². The van der Waals surface area contributed by atoms with Crippen molar-refractivity contribution >= 4 is 38.9 Å². The maximum absolute atomic E-state index is 13.3. The van der Waals surface area contributed by atoms with Crippen molar-refractivity contribution < 1.29 is 17.6 Å². The molecule has 196 valence electrons. The first kappa shape index (κ1) is 24.7. The van der Waals surface area contributed by atoms with E-state index in [1.54, 1.807) is 4.90 Å². The van der Waals surface area contributed by atoms with Crippen LogP contribution in [0.15, 0.2) is 53.6 Å². The molecule has 1 amide bonds. The average molecular weight is 535 g/mol. The van der Waals surface area contributed by atoms with Crippen molar-refractivity contribution in [2.75, 3.05) is 31.1 Å². The Morgan fingerprint density at radius 3 is 2.63 bits per heavy atom. The quantitative estimate of drug-likeness (QED) is 0.444. The van der Waals surface area contributed by atoms with Crippen LogP contribution in [0, 0.1) is 17.1 Å². The van der Waals surface area contributed by atoms with E-state index in [1.165, 1.54) is 16.4 Å². The van der Waals surface area contributed by atoms with E-state index in [4.69, 9.17) is 0 Å². The van der Waals surface area contributed by atoms with Gasteiger partial charge < -0.3 is 4.98 Å². The van der Waals surface area contributed by atoms with Crippen LogP contribution in [-0.2, 0) is 14.8 Å². The number of aromatic nitrogens is 2. The number of rotatable bonds is 8. The Balaban J connectivity index is 1.23. The molecular weight excluding hydrogens is 507 g/mol. The van der Waals surface area contributed by atoms with Crippen LogP contribution in [0.25, 0.3) is 16.6 Å². The zero-order valence-electron chi connectivity index (χ0n) is 20.7. The number of nitrogens with one attached hydrogen (secondary N) is 1. The van der Waals surface area contributed by atoms with E-state index in [-0.39, 0.29) is 30.4 Å². The van der Waals surface area contributed by atoms with E-state index < -0.39 is 21.4 Å². The summed E-state index contributed by atoms with van der Waals surface area (Å²) in [5.74, 6) is 0.143. The minimum atomic E-state index is -3.76. The molecule has 6 rings (SSSR count). The van der Waals surface area contributed by atoms with Gasteiger partial charge in [-0.25, -0.2) is 17.8 Å². The standard InChI is InChI=1S/C27H27FN6O3S/c28-20-1-5-22(6-2-20)38(36,37)33-16-27(17-33,10-11-29)32-13-8-19(9-14-32)24-15-25(34(18-35)21-3-4-21)31-26-23(24)7-12-30-26/h1-2,5-8,12,15,18,21H,3-4,9-10,13-14,16-17H2,(H,30,31). The first-order valence-electron chi connectivity index (χ1n) is 12.6. The lowest BCUT2D eigenvalue weighted by molar-refractivity contribution is -0.107. The highest BCUT2D eigenvalue weighted by atomic mass is 32.2. The van der Waals surface area contributed by atoms with Gasteiger partial charge in [0.2, 0.25) is 16.4 Å². The van der Waals surface area contributed by atoms with Crippen LogP contribution in [0.4, 0.5) is 10.2 Å². The number of carbonyl (C=O) groups excluding carboxylic acids is 1. The second-order valence-electron chi connectivity index (χ2n) is 10.2. The molecule has 0 atom stereocenters. The van der Waals surface area contributed by atoms with Crippen molar-refractivity contribution in [3.63, 3.8) is 0 Å². The lowest BCUT2D eigenvalue weighted by atomic mass is 9.84. The molecule has 1 aromatic carbocycles. The molecule has 1 saturated carbocycles. The first-order valence-corrected chi connectivity index (χ1v) is 14.1. The molecule has 0 spiro atoms. The fourth-order valence-corrected chi connectivity index (χ4v) is 7.15. The molecular formula is C27H27FN6O3S. The van der Waals surface area contributed by atoms with Crippen LogP contribution in [0.1, 0.15) is 31.2 Å². The third-order valence-corrected chi connectivity index (χ3v) is 9.67. The molecule has 2 aromatic heterocycles. The molecule has 4 heterocycles. The Hall–Kier alpha value is -3.59. The van der Waals surface area contributed by atoms with Gasteiger partial charge in [-0.1, -0.05) is 6.08 Å². The number of anilines is 1. The van der Waals surface area contributed by atoms with Gasteiger partial charge in [-0.2, -0.15) is 9.57 Å². The number of hydrogen-bond acceptors (Lipinski definition) is 6. The number of halogens is 1. The van der Waals surface area contributed by atoms with Crippen molar-refractivity contribution in [3.8, 4) is 6.07 Å². The second kappa shape index (κ2) is 9.31. The van der Waals surface area contributed by atoms with Crippen LogP contribution >= 0.6 is 0 Å². The van der Waals surface area contributed by atoms with Gasteiger partial charge in [0.15, 0.2) is 0 Å². The molecule has 1 saturated heterocycles. The number of nitriles is 1. The summed E-state index contributed by atoms with van der Waals surface area (Å²) in [5, 5.41) is 10.6. The average Bonchev–Trinajstić information content (AvgIpc) is 3.61. The number of hydrogen-bond donors (Lipinski definition) is 1. The molecule has 0 radical (unpaired) electrons. The number of pyridine rings is 1. The van der Waals surface area contributed by atoms with E-state index in [0.717, 1.165) is 53.6 Å². The number of benzene rings is 1. The van der Waals surface area contributed by atoms with Crippen molar-refractivity contribution in [1.29, 1.82) is 5.26 Å². The van der Waals surface area contributed by atoms with E-state index in [0.29, 0.717) is 25.3 Å². The summed E-state index contributed by atoms with van der Waals surface area (Å²) in [6.07, 6.45) is 7.71. The third-order valence-electron chi connectivity index (χ3n) is 7.86. The van der Waals surface area contributed by atoms with E-state index in [1.807, 2.05) is 18.3 Å². The zero-order chi connectivity index (χ0) is 26.5. The summed E-state index contributed by atoms with van der Waals surface area (Å²) >= 11 is 0. The van der Waals surface area contributed by atoms with Gasteiger partial charge in [0.05, 0.1) is 22.9 Å². The predicted octanol–water partition coefficient (Wildman–Crippen LogP) is 3.27. The molecule has 1 N–H and O–H groups in total. The zero-order valence-corrected chi connectivity index (χ0v) is 21.5. The Bertz CT molecular complexity index is 1570. The summed E-state index contributed by atoms with van der Waals surface area (Å²) in [7, 11) is -3.76. The van der Waals surface area contributed by atoms with Gasteiger partial charge in [-0.3, -0.25) is 14.6 Å². The molecule has 9 nitrogen and oxygen atoms in total. The Morgan fingerprint density at radius 2 is 2.00 bits per heavy atom. The monoisotopic (exact) mass is 534 g/mol. The number of sulfonamides is 1. The van der Waals surface area contributed by atoms with Crippen molar-refractivity contribution in [1.82, 2.24) is 19.2 Å². The number of aromatic amines is 1. The number of carbonyl (C=O) groups is 1. The highest BCUT2D eigenvalue weighted by Gasteiger charge is 2.52. The second-order valence-corrected chi connectivity index (χ2v) is 12.2. The molecule has 2 aliphatic heterocycles. The van der Waals surface area contributed by atoms with Crippen molar-refractivity contribution in [2.45, 2.75) is 42.2 Å². The molecule has 0 unspecified atom stereocenters. The first-order chi connectivity index (χ1) is 18.3. The fourth-order valence-electron chi connectivity index (χ4n) is 5.55. The van der Waals surface area contributed by atoms with Crippen LogP contribution in [-0.4, -0.2) is 71.8 Å². The molecule has 11 heteroatoms. The van der Waals surface area contributed by atoms with Gasteiger partial charge in [-0.05, 0) is 66.8 Å². The van der Waals surface area contributed by atoms with Gasteiger partial charge in [-0.15, -0.1) is 0 Å². The third kappa shape index (κ3) is 4.18. The minimum Gasteiger partial charge on any atom is -0.346 e. The van der Waals surface area contributed by atoms with E-state index >= 15 is 0 Å². The van der Waals surface area contributed by atoms with Gasteiger partial charge in [0.25, 0.3) is 0 Å². The molecule has 3 aromatic rings. The molecule has 2 fully saturated rings. The lowest BCUT2D eigenvalue weighted by Gasteiger charge is -2.54. The number of nitrogens with zero attached hydrogens (tertiary/aromatic N) is 5. The summed E-state index contributed by atoms with van der Waals surface area (Å²) in [6, 6.07) is 11.2. The topological polar surface area (TPSA) is 113 Å². The van der Waals surface area contributed by atoms with Gasteiger partial charge in [0.1, 0.15) is 17.3 Å². The number of H-pyrrole nitrogens is 1. The maximum Gasteiger partial charge on any atom is 0.243 e. The number of fused-ring (bicyclic) bond motifs is 1. The Kier molecular flexibility index (Phi) is 6.06. The van der Waals surface area contributed by atoms with Crippen LogP contribution in [0.3, 0.4) is 0 Å². The summed E-state index contributed by atoms with van der Waals surface area (Å²) in [5.41, 5.74) is 2.33. The maximum atomic E-state index is 13.3. The van der Waals surface area contributed by atoms with Crippen LogP contribution < -0.4 is 4.90 Å². The van der Waals surface area contributed by atoms with E-state index in [9.17, 15) is 22.9 Å². The van der Waals surface area contributed by atoms with Crippen LogP contribution in [0.5, 0.6) is 0 Å². The lowest BCUT2D eigenvalue weighted by Crippen LogP contribution is -2.71. The van der Waals surface area contributed by atoms with Crippen molar-refractivity contribution in [2.24, 2.45) is 0 Å². The SMILES string of the molecule is N#CCC1(N2CC=C(c3cc(N(C=O)C4CC4)nc4[nH]ccc34)CC2)CN(S(=O)(=O)c2ccc(F)cc2)C1. The summed E-state index contributed by atoms with van der Waals surface area (Å²) in [6.45, 7) is 1.66. The summed E-state index contributed by atoms with van der Waals surface area (Å²) < 4.78 is 40.8. The molecule has 0 bridgehead atoms. The Morgan fingerprint density at radius 1 is 1.24 bits per heavy atom. The molecule has 1 aliphatic carbocycles. The number of amides is 1. The fraction of sp³-hybridized carbons (Fsp3) is 0.370. The highest BCUT2D eigenvalue weighted by Crippen LogP contribution is 2.39. The summed E-state index contributed by atoms with van der Waals surface area (Å²) in [4.78, 5) is 23.5. The largest absolute Gasteiger partial charge is 0.346 e. The minimum absolute atomic E-state index is 0.0462. The highest BCUT2D eigenvalue weighted by molar-refractivity contribution is 7.89. The normalized spacial score (nSPS) is 19.9. The molecule has 3 aliphatic rings. The van der Waals surface area contributed by atoms with Gasteiger partial charge >= 0.3 is 0 Å². The van der Waals surface area contributed by atoms with Gasteiger partial charge in [0, 0.05) is 43.8 Å². The Labute approximate surface area is 220 Å². The predicted molar refractivity (Wildman–Crippen MR) is 140 cm³/mol.